The molecule has 1 heterocycles. The molecule has 11 heteroatoms. The lowest BCUT2D eigenvalue weighted by Gasteiger charge is -2.21. The van der Waals surface area contributed by atoms with Crippen LogP contribution < -0.4 is 23.7 Å². The van der Waals surface area contributed by atoms with Gasteiger partial charge in [0, 0.05) is 5.33 Å². The molecular weight excluding hydrogens is 592 g/mol. The number of ether oxygens (including phenoxy) is 6. The molecule has 216 valence electrons. The molecule has 2 aromatic carbocycles. The minimum absolute atomic E-state index is 0.0580. The second kappa shape index (κ2) is 14.2. The van der Waals surface area contributed by atoms with Gasteiger partial charge in [0.25, 0.3) is 0 Å². The molecular formula is C28H37BrO9S. The number of hydrogen-bond acceptors (Lipinski definition) is 9. The van der Waals surface area contributed by atoms with Crippen LogP contribution in [0.5, 0.6) is 28.7 Å². The van der Waals surface area contributed by atoms with E-state index in [2.05, 4.69) is 15.9 Å². The van der Waals surface area contributed by atoms with Crippen LogP contribution in [-0.2, 0) is 19.4 Å². The number of methoxy groups -OCH3 is 3. The normalized spacial score (nSPS) is 17.1. The van der Waals surface area contributed by atoms with Gasteiger partial charge >= 0.3 is 0 Å². The summed E-state index contributed by atoms with van der Waals surface area (Å²) in [5.41, 5.74) is 1.50. The number of benzene rings is 2. The molecule has 2 atom stereocenters. The molecule has 1 aliphatic heterocycles. The van der Waals surface area contributed by atoms with E-state index in [4.69, 9.17) is 28.4 Å². The molecule has 1 saturated heterocycles. The van der Waals surface area contributed by atoms with Crippen LogP contribution in [0.4, 0.5) is 0 Å². The Kier molecular flexibility index (Phi) is 11.3. The average Bonchev–Trinajstić information content (AvgIpc) is 3.41. The number of rotatable bonds is 15. The number of hydrogen-bond donors (Lipinski definition) is 0. The maximum Gasteiger partial charge on any atom is 0.203 e. The number of Topliss-reactive ketones (excluding diaryl/α,β-unsaturated/α-hetero) is 1. The van der Waals surface area contributed by atoms with E-state index in [-0.39, 0.29) is 16.7 Å². The second-order valence-corrected chi connectivity index (χ2v) is 11.9. The van der Waals surface area contributed by atoms with Crippen LogP contribution in [-0.4, -0.2) is 59.8 Å². The van der Waals surface area contributed by atoms with Crippen molar-refractivity contribution in [3.63, 3.8) is 0 Å². The van der Waals surface area contributed by atoms with E-state index in [1.165, 1.54) is 6.92 Å². The van der Waals surface area contributed by atoms with Crippen molar-refractivity contribution in [3.05, 3.63) is 35.4 Å². The predicted octanol–water partition coefficient (Wildman–Crippen LogP) is 5.62. The van der Waals surface area contributed by atoms with E-state index < -0.39 is 27.5 Å². The third-order valence-electron chi connectivity index (χ3n) is 6.21. The van der Waals surface area contributed by atoms with Crippen LogP contribution in [0.25, 0.3) is 0 Å². The summed E-state index contributed by atoms with van der Waals surface area (Å²) in [6.07, 6.45) is 2.04. The molecule has 1 aliphatic rings. The fourth-order valence-corrected chi connectivity index (χ4v) is 6.14. The lowest BCUT2D eigenvalue weighted by molar-refractivity contribution is -0.114. The molecule has 0 N–H and O–H groups in total. The Morgan fingerprint density at radius 3 is 2.00 bits per heavy atom. The quantitative estimate of drug-likeness (QED) is 0.183. The first-order chi connectivity index (χ1) is 18.7. The van der Waals surface area contributed by atoms with Gasteiger partial charge in [-0.1, -0.05) is 22.9 Å². The van der Waals surface area contributed by atoms with Crippen molar-refractivity contribution in [2.75, 3.05) is 45.6 Å². The summed E-state index contributed by atoms with van der Waals surface area (Å²) >= 11 is 3.39. The molecule has 0 aliphatic carbocycles. The number of carbonyl (C=O) groups excluding carboxylic acids is 1. The molecule has 9 nitrogen and oxygen atoms in total. The zero-order chi connectivity index (χ0) is 28.6. The maximum absolute atomic E-state index is 13.3. The van der Waals surface area contributed by atoms with Gasteiger partial charge in [-0.15, -0.1) is 0 Å². The SMILES string of the molecule is CCCOc1c(OCCCBr)cc([C@H]2CC[C@H](c3cc(OC)c(OC)c(OC)c3)O2)cc1S(=O)(=O)CC(C)=O. The maximum atomic E-state index is 13.3. The Labute approximate surface area is 239 Å². The monoisotopic (exact) mass is 628 g/mol. The van der Waals surface area contributed by atoms with Crippen molar-refractivity contribution in [2.45, 2.75) is 56.6 Å². The molecule has 0 saturated carbocycles. The smallest absolute Gasteiger partial charge is 0.203 e. The molecule has 0 amide bonds. The molecule has 1 fully saturated rings. The van der Waals surface area contributed by atoms with Crippen LogP contribution in [0.2, 0.25) is 0 Å². The fraction of sp³-hybridized carbons (Fsp3) is 0.536. The van der Waals surface area contributed by atoms with Crippen molar-refractivity contribution in [3.8, 4) is 28.7 Å². The number of halogens is 1. The van der Waals surface area contributed by atoms with E-state index in [0.29, 0.717) is 61.0 Å². The molecule has 0 radical (unpaired) electrons. The first-order valence-electron chi connectivity index (χ1n) is 12.9. The highest BCUT2D eigenvalue weighted by molar-refractivity contribution is 9.09. The zero-order valence-electron chi connectivity index (χ0n) is 23.1. The summed E-state index contributed by atoms with van der Waals surface area (Å²) in [6.45, 7) is 3.85. The van der Waals surface area contributed by atoms with Crippen molar-refractivity contribution in [1.82, 2.24) is 0 Å². The summed E-state index contributed by atoms with van der Waals surface area (Å²) in [4.78, 5) is 11.8. The van der Waals surface area contributed by atoms with Gasteiger partial charge in [0.1, 0.15) is 16.4 Å². The number of alkyl halides is 1. The van der Waals surface area contributed by atoms with E-state index in [1.807, 2.05) is 19.1 Å². The molecule has 39 heavy (non-hydrogen) atoms. The Balaban J connectivity index is 2.03. The predicted molar refractivity (Wildman–Crippen MR) is 151 cm³/mol. The van der Waals surface area contributed by atoms with E-state index in [1.54, 1.807) is 33.5 Å². The van der Waals surface area contributed by atoms with E-state index in [0.717, 1.165) is 17.3 Å². The van der Waals surface area contributed by atoms with Gasteiger partial charge in [-0.3, -0.25) is 4.79 Å². The molecule has 0 bridgehead atoms. The third kappa shape index (κ3) is 7.58. The average molecular weight is 630 g/mol. The van der Waals surface area contributed by atoms with Crippen LogP contribution >= 0.6 is 15.9 Å². The summed E-state index contributed by atoms with van der Waals surface area (Å²) < 4.78 is 61.4. The van der Waals surface area contributed by atoms with Crippen LogP contribution in [0.1, 0.15) is 62.9 Å². The van der Waals surface area contributed by atoms with Crippen molar-refractivity contribution in [1.29, 1.82) is 0 Å². The fourth-order valence-electron chi connectivity index (χ4n) is 4.46. The van der Waals surface area contributed by atoms with Crippen molar-refractivity contribution >= 4 is 31.6 Å². The highest BCUT2D eigenvalue weighted by atomic mass is 79.9. The molecule has 0 aromatic heterocycles. The summed E-state index contributed by atoms with van der Waals surface area (Å²) in [6, 6.07) is 7.05. The molecule has 0 spiro atoms. The van der Waals surface area contributed by atoms with Gasteiger partial charge < -0.3 is 28.4 Å². The molecule has 3 rings (SSSR count). The van der Waals surface area contributed by atoms with Crippen LogP contribution in [0.3, 0.4) is 0 Å². The van der Waals surface area contributed by atoms with E-state index in [9.17, 15) is 13.2 Å². The second-order valence-electron chi connectivity index (χ2n) is 9.20. The molecule has 0 unspecified atom stereocenters. The lowest BCUT2D eigenvalue weighted by Crippen LogP contribution is -2.16. The Hall–Kier alpha value is -2.50. The highest BCUT2D eigenvalue weighted by Crippen LogP contribution is 2.48. The van der Waals surface area contributed by atoms with Gasteiger partial charge in [-0.05, 0) is 68.0 Å². The summed E-state index contributed by atoms with van der Waals surface area (Å²) in [5, 5.41) is 0.732. The lowest BCUT2D eigenvalue weighted by atomic mass is 10.0. The molecule has 2 aromatic rings. The van der Waals surface area contributed by atoms with Crippen molar-refractivity contribution in [2.24, 2.45) is 0 Å². The Morgan fingerprint density at radius 2 is 1.49 bits per heavy atom. The van der Waals surface area contributed by atoms with Gasteiger partial charge in [0.05, 0.1) is 46.8 Å². The standard InChI is InChI=1S/C28H37BrO9S/c1-6-11-37-28-25(36-12-7-10-29)15-20(16-26(28)39(31,32)17-18(2)30)22-9-8-21(38-22)19-13-23(33-3)27(35-5)24(14-19)34-4/h13-16,21-22H,6-12,17H2,1-5H3/t21-,22-/m1/s1. The summed E-state index contributed by atoms with van der Waals surface area (Å²) in [5.74, 6) is 0.918. The Bertz CT molecular complexity index is 1220. The zero-order valence-corrected chi connectivity index (χ0v) is 25.5. The largest absolute Gasteiger partial charge is 0.493 e. The first kappa shape index (κ1) is 31.0. The van der Waals surface area contributed by atoms with Gasteiger partial charge in [0.2, 0.25) is 5.75 Å². The van der Waals surface area contributed by atoms with Crippen molar-refractivity contribution < 1.29 is 41.6 Å². The van der Waals surface area contributed by atoms with Gasteiger partial charge in [-0.25, -0.2) is 8.42 Å². The minimum atomic E-state index is -3.98. The van der Waals surface area contributed by atoms with E-state index >= 15 is 0 Å². The summed E-state index contributed by atoms with van der Waals surface area (Å²) in [7, 11) is 0.678. The highest BCUT2D eigenvalue weighted by Gasteiger charge is 2.33. The third-order valence-corrected chi connectivity index (χ3v) is 8.53. The van der Waals surface area contributed by atoms with Gasteiger partial charge in [0.15, 0.2) is 32.8 Å². The van der Waals surface area contributed by atoms with Crippen LogP contribution in [0.15, 0.2) is 29.2 Å². The first-order valence-corrected chi connectivity index (χ1v) is 15.6. The topological polar surface area (TPSA) is 107 Å². The van der Waals surface area contributed by atoms with Crippen LogP contribution in [0, 0.1) is 0 Å². The Morgan fingerprint density at radius 1 is 0.897 bits per heavy atom. The minimum Gasteiger partial charge on any atom is -0.493 e. The number of ketones is 1. The van der Waals surface area contributed by atoms with Gasteiger partial charge in [-0.2, -0.15) is 0 Å². The number of carbonyl (C=O) groups is 1. The number of sulfone groups is 1.